The topological polar surface area (TPSA) is 61.9 Å². The van der Waals surface area contributed by atoms with E-state index in [1.807, 2.05) is 23.1 Å². The third-order valence-electron chi connectivity index (χ3n) is 5.30. The molecule has 1 aliphatic rings. The summed E-state index contributed by atoms with van der Waals surface area (Å²) in [5.74, 6) is 0.387. The van der Waals surface area contributed by atoms with Gasteiger partial charge in [-0.25, -0.2) is 4.39 Å². The molecule has 2 aromatic rings. The van der Waals surface area contributed by atoms with Crippen molar-refractivity contribution in [1.82, 2.24) is 15.1 Å². The Morgan fingerprint density at radius 1 is 0.968 bits per heavy atom. The number of aryl methyl sites for hydroxylation is 1. The predicted octanol–water partition coefficient (Wildman–Crippen LogP) is 2.49. The van der Waals surface area contributed by atoms with Crippen LogP contribution in [0.2, 0.25) is 0 Å². The quantitative estimate of drug-likeness (QED) is 0.592. The minimum atomic E-state index is -0.311. The number of piperazine rings is 1. The first-order valence-corrected chi connectivity index (χ1v) is 10.8. The number of nitrogens with one attached hydrogen (secondary N) is 1. The third kappa shape index (κ3) is 8.02. The second-order valence-corrected chi connectivity index (χ2v) is 7.65. The van der Waals surface area contributed by atoms with E-state index in [9.17, 15) is 14.0 Å². The number of amides is 2. The van der Waals surface area contributed by atoms with Gasteiger partial charge in [0.1, 0.15) is 18.2 Å². The minimum absolute atomic E-state index is 0.0645. The molecule has 0 aromatic heterocycles. The van der Waals surface area contributed by atoms with Crippen molar-refractivity contribution in [2.75, 3.05) is 45.9 Å². The molecule has 1 aliphatic heterocycles. The molecule has 0 radical (unpaired) electrons. The SMILES string of the molecule is O=C(CN1CCN(C(=O)CCCc2ccccc2)CC1)NCCOc1ccc(F)cc1. The molecule has 2 aromatic carbocycles. The summed E-state index contributed by atoms with van der Waals surface area (Å²) in [7, 11) is 0. The Bertz CT molecular complexity index is 822. The fourth-order valence-corrected chi connectivity index (χ4v) is 3.55. The summed E-state index contributed by atoms with van der Waals surface area (Å²) in [6.07, 6.45) is 2.33. The van der Waals surface area contributed by atoms with Crippen molar-refractivity contribution in [3.63, 3.8) is 0 Å². The molecule has 31 heavy (non-hydrogen) atoms. The van der Waals surface area contributed by atoms with Crippen molar-refractivity contribution in [2.45, 2.75) is 19.3 Å². The fraction of sp³-hybridized carbons (Fsp3) is 0.417. The van der Waals surface area contributed by atoms with Crippen LogP contribution in [0.25, 0.3) is 0 Å². The van der Waals surface area contributed by atoms with E-state index in [-0.39, 0.29) is 17.6 Å². The molecule has 7 heteroatoms. The average molecular weight is 428 g/mol. The first-order valence-electron chi connectivity index (χ1n) is 10.8. The summed E-state index contributed by atoms with van der Waals surface area (Å²) in [6.45, 7) is 3.73. The van der Waals surface area contributed by atoms with Gasteiger partial charge in [0, 0.05) is 32.6 Å². The van der Waals surface area contributed by atoms with Crippen LogP contribution in [-0.4, -0.2) is 67.5 Å². The number of rotatable bonds is 10. The lowest BCUT2D eigenvalue weighted by Gasteiger charge is -2.34. The predicted molar refractivity (Wildman–Crippen MR) is 117 cm³/mol. The normalized spacial score (nSPS) is 14.3. The van der Waals surface area contributed by atoms with Crippen molar-refractivity contribution in [3.8, 4) is 5.75 Å². The van der Waals surface area contributed by atoms with Crippen molar-refractivity contribution in [3.05, 3.63) is 66.0 Å². The van der Waals surface area contributed by atoms with Crippen LogP contribution in [0, 0.1) is 5.82 Å². The van der Waals surface area contributed by atoms with E-state index in [1.165, 1.54) is 17.7 Å². The lowest BCUT2D eigenvalue weighted by Crippen LogP contribution is -2.51. The number of carbonyl (C=O) groups excluding carboxylic acids is 2. The van der Waals surface area contributed by atoms with E-state index >= 15 is 0 Å². The molecule has 0 bridgehead atoms. The fourth-order valence-electron chi connectivity index (χ4n) is 3.55. The smallest absolute Gasteiger partial charge is 0.234 e. The summed E-state index contributed by atoms with van der Waals surface area (Å²) in [6, 6.07) is 16.0. The first kappa shape index (κ1) is 22.7. The maximum atomic E-state index is 12.9. The van der Waals surface area contributed by atoms with E-state index in [2.05, 4.69) is 22.3 Å². The van der Waals surface area contributed by atoms with E-state index in [4.69, 9.17) is 4.74 Å². The molecule has 1 fully saturated rings. The van der Waals surface area contributed by atoms with Crippen LogP contribution in [0.1, 0.15) is 18.4 Å². The second-order valence-electron chi connectivity index (χ2n) is 7.65. The summed E-state index contributed by atoms with van der Waals surface area (Å²) in [5.41, 5.74) is 1.26. The highest BCUT2D eigenvalue weighted by atomic mass is 19.1. The van der Waals surface area contributed by atoms with Gasteiger partial charge in [-0.15, -0.1) is 0 Å². The standard InChI is InChI=1S/C24H30FN3O3/c25-21-9-11-22(12-10-21)31-18-13-26-23(29)19-27-14-16-28(17-15-27)24(30)8-4-7-20-5-2-1-3-6-20/h1-3,5-6,9-12H,4,7-8,13-19H2,(H,26,29). The van der Waals surface area contributed by atoms with Gasteiger partial charge in [-0.05, 0) is 42.7 Å². The molecular weight excluding hydrogens is 397 g/mol. The molecular formula is C24H30FN3O3. The van der Waals surface area contributed by atoms with E-state index in [0.29, 0.717) is 58.0 Å². The molecule has 0 spiro atoms. The van der Waals surface area contributed by atoms with Crippen LogP contribution in [0.3, 0.4) is 0 Å². The molecule has 0 unspecified atom stereocenters. The van der Waals surface area contributed by atoms with Crippen LogP contribution in [0.4, 0.5) is 4.39 Å². The molecule has 1 heterocycles. The van der Waals surface area contributed by atoms with Crippen LogP contribution < -0.4 is 10.1 Å². The number of halogens is 1. The Labute approximate surface area is 183 Å². The summed E-state index contributed by atoms with van der Waals surface area (Å²) in [5, 5.41) is 2.83. The van der Waals surface area contributed by atoms with Crippen molar-refractivity contribution in [1.29, 1.82) is 0 Å². The minimum Gasteiger partial charge on any atom is -0.492 e. The largest absolute Gasteiger partial charge is 0.492 e. The van der Waals surface area contributed by atoms with Gasteiger partial charge in [-0.3, -0.25) is 14.5 Å². The van der Waals surface area contributed by atoms with Gasteiger partial charge in [-0.1, -0.05) is 30.3 Å². The molecule has 0 aliphatic carbocycles. The first-order chi connectivity index (χ1) is 15.1. The average Bonchev–Trinajstić information content (AvgIpc) is 2.79. The van der Waals surface area contributed by atoms with Crippen LogP contribution in [0.15, 0.2) is 54.6 Å². The summed E-state index contributed by atoms with van der Waals surface area (Å²) >= 11 is 0. The molecule has 3 rings (SSSR count). The number of hydrogen-bond acceptors (Lipinski definition) is 4. The van der Waals surface area contributed by atoms with E-state index in [0.717, 1.165) is 12.8 Å². The van der Waals surface area contributed by atoms with Crippen molar-refractivity contribution in [2.24, 2.45) is 0 Å². The lowest BCUT2D eigenvalue weighted by molar-refractivity contribution is -0.133. The van der Waals surface area contributed by atoms with E-state index < -0.39 is 0 Å². The Morgan fingerprint density at radius 3 is 2.39 bits per heavy atom. The highest BCUT2D eigenvalue weighted by Gasteiger charge is 2.22. The molecule has 0 saturated carbocycles. The second kappa shape index (κ2) is 12.1. The van der Waals surface area contributed by atoms with E-state index in [1.54, 1.807) is 12.1 Å². The van der Waals surface area contributed by atoms with Gasteiger partial charge in [0.25, 0.3) is 0 Å². The Kier molecular flexibility index (Phi) is 8.84. The number of benzene rings is 2. The number of carbonyl (C=O) groups is 2. The third-order valence-corrected chi connectivity index (χ3v) is 5.30. The van der Waals surface area contributed by atoms with Gasteiger partial charge in [0.15, 0.2) is 0 Å². The maximum Gasteiger partial charge on any atom is 0.234 e. The van der Waals surface area contributed by atoms with Gasteiger partial charge in [0.2, 0.25) is 11.8 Å². The Balaban J connectivity index is 1.25. The molecule has 1 saturated heterocycles. The summed E-state index contributed by atoms with van der Waals surface area (Å²) in [4.78, 5) is 28.5. The number of hydrogen-bond donors (Lipinski definition) is 1. The molecule has 6 nitrogen and oxygen atoms in total. The lowest BCUT2D eigenvalue weighted by atomic mass is 10.1. The van der Waals surface area contributed by atoms with Gasteiger partial charge >= 0.3 is 0 Å². The monoisotopic (exact) mass is 427 g/mol. The molecule has 166 valence electrons. The van der Waals surface area contributed by atoms with Crippen LogP contribution >= 0.6 is 0 Å². The van der Waals surface area contributed by atoms with Crippen molar-refractivity contribution < 1.29 is 18.7 Å². The highest BCUT2D eigenvalue weighted by molar-refractivity contribution is 5.78. The summed E-state index contributed by atoms with van der Waals surface area (Å²) < 4.78 is 18.3. The number of ether oxygens (including phenoxy) is 1. The Morgan fingerprint density at radius 2 is 1.68 bits per heavy atom. The maximum absolute atomic E-state index is 12.9. The van der Waals surface area contributed by atoms with Gasteiger partial charge in [0.05, 0.1) is 13.1 Å². The van der Waals surface area contributed by atoms with Crippen LogP contribution in [-0.2, 0) is 16.0 Å². The van der Waals surface area contributed by atoms with Crippen molar-refractivity contribution >= 4 is 11.8 Å². The number of nitrogens with zero attached hydrogens (tertiary/aromatic N) is 2. The van der Waals surface area contributed by atoms with Crippen LogP contribution in [0.5, 0.6) is 5.75 Å². The zero-order valence-corrected chi connectivity index (χ0v) is 17.8. The molecule has 0 atom stereocenters. The van der Waals surface area contributed by atoms with Gasteiger partial charge in [-0.2, -0.15) is 0 Å². The highest BCUT2D eigenvalue weighted by Crippen LogP contribution is 2.11. The molecule has 2 amide bonds. The molecule has 1 N–H and O–H groups in total. The zero-order valence-electron chi connectivity index (χ0n) is 17.8. The Hall–Kier alpha value is -2.93. The van der Waals surface area contributed by atoms with Gasteiger partial charge < -0.3 is 15.0 Å². The zero-order chi connectivity index (χ0) is 21.9.